The number of rotatable bonds is 4. The van der Waals surface area contributed by atoms with Gasteiger partial charge in [0, 0.05) is 26.6 Å². The third-order valence-corrected chi connectivity index (χ3v) is 3.56. The zero-order chi connectivity index (χ0) is 16.5. The fourth-order valence-corrected chi connectivity index (χ4v) is 2.64. The van der Waals surface area contributed by atoms with Crippen molar-refractivity contribution in [3.05, 3.63) is 35.4 Å². The molecule has 5 heteroatoms. The Bertz CT molecular complexity index is 582. The quantitative estimate of drug-likeness (QED) is 0.801. The van der Waals surface area contributed by atoms with Gasteiger partial charge in [0.2, 0.25) is 5.91 Å². The van der Waals surface area contributed by atoms with Crippen LogP contribution in [0.2, 0.25) is 0 Å². The molecule has 118 valence electrons. The van der Waals surface area contributed by atoms with Crippen molar-refractivity contribution in [2.24, 2.45) is 5.41 Å². The van der Waals surface area contributed by atoms with Crippen LogP contribution in [-0.2, 0) is 4.79 Å². The Hall–Kier alpha value is -2.17. The predicted octanol–water partition coefficient (Wildman–Crippen LogP) is 2.18. The number of carbonyl (C=O) groups excluding carboxylic acids is 3. The number of fused-ring (bicyclic) bond motifs is 1. The van der Waals surface area contributed by atoms with Crippen molar-refractivity contribution < 1.29 is 14.4 Å². The van der Waals surface area contributed by atoms with Crippen LogP contribution in [0.15, 0.2) is 24.3 Å². The minimum atomic E-state index is -0.313. The Kier molecular flexibility index (Phi) is 4.35. The summed E-state index contributed by atoms with van der Waals surface area (Å²) in [5.41, 5.74) is 0.853. The van der Waals surface area contributed by atoms with E-state index in [-0.39, 0.29) is 36.1 Å². The minimum Gasteiger partial charge on any atom is -0.345 e. The van der Waals surface area contributed by atoms with Crippen molar-refractivity contribution >= 4 is 17.7 Å². The van der Waals surface area contributed by atoms with E-state index >= 15 is 0 Å². The molecule has 0 bridgehead atoms. The topological polar surface area (TPSA) is 57.7 Å². The SMILES string of the molecule is CN(CC(C)(C)C)C(=O)CCN1C(=O)c2ccccc2C1=O. The normalized spacial score (nSPS) is 14.3. The maximum atomic E-state index is 12.2. The number of hydrogen-bond acceptors (Lipinski definition) is 3. The van der Waals surface area contributed by atoms with Gasteiger partial charge in [-0.15, -0.1) is 0 Å². The summed E-state index contributed by atoms with van der Waals surface area (Å²) < 4.78 is 0. The monoisotopic (exact) mass is 302 g/mol. The third-order valence-electron chi connectivity index (χ3n) is 3.56. The van der Waals surface area contributed by atoms with E-state index in [2.05, 4.69) is 20.8 Å². The first-order valence-electron chi connectivity index (χ1n) is 7.40. The Morgan fingerprint density at radius 3 is 2.05 bits per heavy atom. The summed E-state index contributed by atoms with van der Waals surface area (Å²) in [5.74, 6) is -0.690. The van der Waals surface area contributed by atoms with Gasteiger partial charge < -0.3 is 4.90 Å². The fraction of sp³-hybridized carbons (Fsp3) is 0.471. The summed E-state index contributed by atoms with van der Waals surface area (Å²) in [6, 6.07) is 6.75. The van der Waals surface area contributed by atoms with Crippen molar-refractivity contribution in [3.63, 3.8) is 0 Å². The van der Waals surface area contributed by atoms with Crippen LogP contribution in [0.1, 0.15) is 47.9 Å². The number of nitrogens with zero attached hydrogens (tertiary/aromatic N) is 2. The zero-order valence-electron chi connectivity index (χ0n) is 13.5. The molecule has 0 fully saturated rings. The van der Waals surface area contributed by atoms with Gasteiger partial charge >= 0.3 is 0 Å². The lowest BCUT2D eigenvalue weighted by Gasteiger charge is -2.27. The fourth-order valence-electron chi connectivity index (χ4n) is 2.64. The van der Waals surface area contributed by atoms with Gasteiger partial charge in [-0.05, 0) is 17.5 Å². The van der Waals surface area contributed by atoms with Crippen LogP contribution in [0.25, 0.3) is 0 Å². The van der Waals surface area contributed by atoms with E-state index in [4.69, 9.17) is 0 Å². The second kappa shape index (κ2) is 5.91. The van der Waals surface area contributed by atoms with Gasteiger partial charge in [-0.3, -0.25) is 19.3 Å². The number of benzene rings is 1. The molecule has 1 aromatic rings. The van der Waals surface area contributed by atoms with Crippen LogP contribution < -0.4 is 0 Å². The lowest BCUT2D eigenvalue weighted by atomic mass is 9.96. The first-order chi connectivity index (χ1) is 10.2. The highest BCUT2D eigenvalue weighted by atomic mass is 16.2. The highest BCUT2D eigenvalue weighted by Crippen LogP contribution is 2.22. The molecule has 0 saturated heterocycles. The average Bonchev–Trinajstić information content (AvgIpc) is 2.67. The van der Waals surface area contributed by atoms with Crippen LogP contribution >= 0.6 is 0 Å². The second-order valence-corrected chi connectivity index (χ2v) is 6.87. The predicted molar refractivity (Wildman–Crippen MR) is 83.5 cm³/mol. The molecule has 0 atom stereocenters. The molecule has 3 amide bonds. The first-order valence-corrected chi connectivity index (χ1v) is 7.40. The number of imide groups is 1. The van der Waals surface area contributed by atoms with Crippen molar-refractivity contribution in [2.45, 2.75) is 27.2 Å². The molecule has 0 spiro atoms. The first kappa shape index (κ1) is 16.2. The van der Waals surface area contributed by atoms with Crippen molar-refractivity contribution in [1.29, 1.82) is 0 Å². The molecule has 2 rings (SSSR count). The number of amides is 3. The lowest BCUT2D eigenvalue weighted by molar-refractivity contribution is -0.131. The van der Waals surface area contributed by atoms with E-state index in [1.54, 1.807) is 36.2 Å². The van der Waals surface area contributed by atoms with Crippen LogP contribution in [-0.4, -0.2) is 47.7 Å². The van der Waals surface area contributed by atoms with Crippen molar-refractivity contribution in [1.82, 2.24) is 9.80 Å². The minimum absolute atomic E-state index is 0.0138. The molecule has 0 N–H and O–H groups in total. The van der Waals surface area contributed by atoms with E-state index in [1.807, 2.05) is 0 Å². The third kappa shape index (κ3) is 3.35. The highest BCUT2D eigenvalue weighted by Gasteiger charge is 2.35. The second-order valence-electron chi connectivity index (χ2n) is 6.87. The van der Waals surface area contributed by atoms with Gasteiger partial charge in [-0.25, -0.2) is 0 Å². The van der Waals surface area contributed by atoms with Crippen LogP contribution in [0.4, 0.5) is 0 Å². The van der Waals surface area contributed by atoms with Gasteiger partial charge in [-0.2, -0.15) is 0 Å². The molecule has 0 aliphatic carbocycles. The van der Waals surface area contributed by atoms with Crippen LogP contribution in [0.5, 0.6) is 0 Å². The number of carbonyl (C=O) groups is 3. The highest BCUT2D eigenvalue weighted by molar-refractivity contribution is 6.21. The molecule has 1 aromatic carbocycles. The molecule has 0 unspecified atom stereocenters. The van der Waals surface area contributed by atoms with E-state index in [0.717, 1.165) is 4.90 Å². The molecule has 0 aromatic heterocycles. The van der Waals surface area contributed by atoms with E-state index in [9.17, 15) is 14.4 Å². The van der Waals surface area contributed by atoms with Gasteiger partial charge in [-0.1, -0.05) is 32.9 Å². The summed E-state index contributed by atoms with van der Waals surface area (Å²) in [6.07, 6.45) is 0.151. The maximum Gasteiger partial charge on any atom is 0.261 e. The van der Waals surface area contributed by atoms with Gasteiger partial charge in [0.25, 0.3) is 11.8 Å². The van der Waals surface area contributed by atoms with Crippen molar-refractivity contribution in [3.8, 4) is 0 Å². The molecule has 1 aliphatic rings. The standard InChI is InChI=1S/C17H22N2O3/c1-17(2,3)11-18(4)14(20)9-10-19-15(21)12-7-5-6-8-13(12)16(19)22/h5-8H,9-11H2,1-4H3. The Balaban J connectivity index is 1.97. The zero-order valence-corrected chi connectivity index (χ0v) is 13.5. The van der Waals surface area contributed by atoms with Gasteiger partial charge in [0.05, 0.1) is 11.1 Å². The molecule has 22 heavy (non-hydrogen) atoms. The smallest absolute Gasteiger partial charge is 0.261 e. The Morgan fingerprint density at radius 1 is 1.09 bits per heavy atom. The molecule has 1 aliphatic heterocycles. The Morgan fingerprint density at radius 2 is 1.59 bits per heavy atom. The van der Waals surface area contributed by atoms with Crippen LogP contribution in [0.3, 0.4) is 0 Å². The maximum absolute atomic E-state index is 12.2. The largest absolute Gasteiger partial charge is 0.345 e. The summed E-state index contributed by atoms with van der Waals surface area (Å²) in [7, 11) is 1.75. The summed E-state index contributed by atoms with van der Waals surface area (Å²) in [4.78, 5) is 39.3. The number of hydrogen-bond donors (Lipinski definition) is 0. The molecule has 5 nitrogen and oxygen atoms in total. The summed E-state index contributed by atoms with van der Waals surface area (Å²) >= 11 is 0. The van der Waals surface area contributed by atoms with E-state index < -0.39 is 0 Å². The molecule has 1 heterocycles. The lowest BCUT2D eigenvalue weighted by Crippen LogP contribution is -2.38. The van der Waals surface area contributed by atoms with Gasteiger partial charge in [0.15, 0.2) is 0 Å². The molecule has 0 radical (unpaired) electrons. The van der Waals surface area contributed by atoms with E-state index in [1.165, 1.54) is 0 Å². The Labute approximate surface area is 130 Å². The van der Waals surface area contributed by atoms with E-state index in [0.29, 0.717) is 17.7 Å². The van der Waals surface area contributed by atoms with Crippen molar-refractivity contribution in [2.75, 3.05) is 20.1 Å². The molecular weight excluding hydrogens is 280 g/mol. The molecule has 0 saturated carbocycles. The van der Waals surface area contributed by atoms with Gasteiger partial charge in [0.1, 0.15) is 0 Å². The molecular formula is C17H22N2O3. The average molecular weight is 302 g/mol. The van der Waals surface area contributed by atoms with Crippen LogP contribution in [0, 0.1) is 5.41 Å². The summed E-state index contributed by atoms with van der Waals surface area (Å²) in [5, 5.41) is 0. The summed E-state index contributed by atoms with van der Waals surface area (Å²) in [6.45, 7) is 6.93.